The molecule has 5 heteroatoms. The van der Waals surface area contributed by atoms with Crippen LogP contribution in [0.15, 0.2) is 30.4 Å². The molecule has 0 unspecified atom stereocenters. The molecular weight excluding hydrogens is 261 g/mol. The van der Waals surface area contributed by atoms with Gasteiger partial charge in [-0.25, -0.2) is 0 Å². The van der Waals surface area contributed by atoms with Gasteiger partial charge < -0.3 is 4.90 Å². The highest BCUT2D eigenvalue weighted by Crippen LogP contribution is 2.31. The van der Waals surface area contributed by atoms with Gasteiger partial charge in [-0.2, -0.15) is 0 Å². The summed E-state index contributed by atoms with van der Waals surface area (Å²) in [6.45, 7) is 3.96. The molecular formula is C12H9Cl2NO2. The molecule has 17 heavy (non-hydrogen) atoms. The average Bonchev–Trinajstić information content (AvgIpc) is 2.54. The maximum atomic E-state index is 11.8. The maximum Gasteiger partial charge on any atom is 0.299 e. The number of amides is 1. The Morgan fingerprint density at radius 1 is 1.35 bits per heavy atom. The number of nitrogens with zero attached hydrogens (tertiary/aromatic N) is 1. The van der Waals surface area contributed by atoms with Crippen molar-refractivity contribution in [3.63, 3.8) is 0 Å². The van der Waals surface area contributed by atoms with Gasteiger partial charge in [-0.05, 0) is 23.8 Å². The highest BCUT2D eigenvalue weighted by Gasteiger charge is 2.35. The van der Waals surface area contributed by atoms with Crippen LogP contribution < -0.4 is 4.90 Å². The van der Waals surface area contributed by atoms with Gasteiger partial charge in [0.2, 0.25) is 0 Å². The van der Waals surface area contributed by atoms with Crippen molar-refractivity contribution in [2.45, 2.75) is 0 Å². The molecule has 0 radical (unpaired) electrons. The van der Waals surface area contributed by atoms with E-state index in [9.17, 15) is 9.59 Å². The summed E-state index contributed by atoms with van der Waals surface area (Å²) in [7, 11) is 0. The number of benzene rings is 1. The van der Waals surface area contributed by atoms with E-state index in [1.54, 1.807) is 18.2 Å². The monoisotopic (exact) mass is 269 g/mol. The van der Waals surface area contributed by atoms with Crippen molar-refractivity contribution in [3.8, 4) is 0 Å². The summed E-state index contributed by atoms with van der Waals surface area (Å²) in [5, 5.41) is 0.479. The van der Waals surface area contributed by atoms with Crippen molar-refractivity contribution in [1.82, 2.24) is 0 Å². The van der Waals surface area contributed by atoms with E-state index in [2.05, 4.69) is 6.58 Å². The van der Waals surface area contributed by atoms with Crippen molar-refractivity contribution >= 4 is 40.6 Å². The van der Waals surface area contributed by atoms with Crippen molar-refractivity contribution < 1.29 is 9.59 Å². The fraction of sp³-hybridized carbons (Fsp3) is 0.167. The minimum Gasteiger partial charge on any atom is -0.301 e. The predicted molar refractivity (Wildman–Crippen MR) is 68.0 cm³/mol. The van der Waals surface area contributed by atoms with Crippen molar-refractivity contribution in [3.05, 3.63) is 40.9 Å². The number of halogens is 2. The fourth-order valence-corrected chi connectivity index (χ4v) is 1.94. The van der Waals surface area contributed by atoms with Crippen LogP contribution in [0.25, 0.3) is 0 Å². The molecule has 1 aliphatic rings. The van der Waals surface area contributed by atoms with Crippen LogP contribution in [0.5, 0.6) is 0 Å². The van der Waals surface area contributed by atoms with Gasteiger partial charge >= 0.3 is 0 Å². The van der Waals surface area contributed by atoms with Crippen LogP contribution >= 0.6 is 23.2 Å². The zero-order valence-electron chi connectivity index (χ0n) is 8.87. The first-order chi connectivity index (χ1) is 8.04. The molecule has 1 aromatic rings. The average molecular weight is 270 g/mol. The normalized spacial score (nSPS) is 14.1. The van der Waals surface area contributed by atoms with Gasteiger partial charge in [0.05, 0.1) is 11.3 Å². The smallest absolute Gasteiger partial charge is 0.299 e. The molecule has 1 amide bonds. The summed E-state index contributed by atoms with van der Waals surface area (Å²) >= 11 is 11.5. The van der Waals surface area contributed by atoms with Gasteiger partial charge in [-0.1, -0.05) is 18.2 Å². The SMILES string of the molecule is C=C(CCl)CN1C(=O)C(=O)c2ccc(Cl)cc21. The molecule has 0 aliphatic carbocycles. The Labute approximate surface area is 109 Å². The van der Waals surface area contributed by atoms with Crippen LogP contribution in [-0.2, 0) is 4.79 Å². The molecule has 0 atom stereocenters. The quantitative estimate of drug-likeness (QED) is 0.481. The highest BCUT2D eigenvalue weighted by molar-refractivity contribution is 6.52. The van der Waals surface area contributed by atoms with Crippen LogP contribution in [0, 0.1) is 0 Å². The number of fused-ring (bicyclic) bond motifs is 1. The Bertz CT molecular complexity index is 525. The Morgan fingerprint density at radius 3 is 2.71 bits per heavy atom. The van der Waals surface area contributed by atoms with E-state index in [4.69, 9.17) is 23.2 Å². The minimum absolute atomic E-state index is 0.238. The van der Waals surface area contributed by atoms with E-state index in [-0.39, 0.29) is 12.4 Å². The zero-order chi connectivity index (χ0) is 12.6. The molecule has 0 saturated heterocycles. The molecule has 88 valence electrons. The largest absolute Gasteiger partial charge is 0.301 e. The minimum atomic E-state index is -0.562. The lowest BCUT2D eigenvalue weighted by Crippen LogP contribution is -2.31. The number of anilines is 1. The summed E-state index contributed by atoms with van der Waals surface area (Å²) < 4.78 is 0. The number of ketones is 1. The number of hydrogen-bond acceptors (Lipinski definition) is 2. The standard InChI is InChI=1S/C12H9Cl2NO2/c1-7(5-13)6-15-10-4-8(14)2-3-9(10)11(16)12(15)17/h2-4H,1,5-6H2. The number of Topliss-reactive ketones (excluding diaryl/α,β-unsaturated/α-hetero) is 1. The number of rotatable bonds is 3. The molecule has 0 saturated carbocycles. The summed E-state index contributed by atoms with van der Waals surface area (Å²) in [4.78, 5) is 24.8. The highest BCUT2D eigenvalue weighted by atomic mass is 35.5. The first-order valence-corrected chi connectivity index (χ1v) is 5.84. The van der Waals surface area contributed by atoms with Crippen LogP contribution in [-0.4, -0.2) is 24.1 Å². The molecule has 3 nitrogen and oxygen atoms in total. The molecule has 0 N–H and O–H groups in total. The van der Waals surface area contributed by atoms with Crippen LogP contribution in [0.2, 0.25) is 5.02 Å². The lowest BCUT2D eigenvalue weighted by atomic mass is 10.1. The van der Waals surface area contributed by atoms with Crippen LogP contribution in [0.4, 0.5) is 5.69 Å². The zero-order valence-corrected chi connectivity index (χ0v) is 10.4. The van der Waals surface area contributed by atoms with Gasteiger partial charge in [0.1, 0.15) is 0 Å². The van der Waals surface area contributed by atoms with Crippen molar-refractivity contribution in [2.75, 3.05) is 17.3 Å². The molecule has 1 heterocycles. The Morgan fingerprint density at radius 2 is 2.06 bits per heavy atom. The van der Waals surface area contributed by atoms with Gasteiger partial charge in [-0.3, -0.25) is 9.59 Å². The Kier molecular flexibility index (Phi) is 3.22. The number of hydrogen-bond donors (Lipinski definition) is 0. The lowest BCUT2D eigenvalue weighted by Gasteiger charge is -2.17. The molecule has 1 aromatic carbocycles. The van der Waals surface area contributed by atoms with E-state index in [1.165, 1.54) is 4.90 Å². The molecule has 0 spiro atoms. The molecule has 0 aromatic heterocycles. The van der Waals surface area contributed by atoms with E-state index in [1.807, 2.05) is 0 Å². The number of carbonyl (C=O) groups excluding carboxylic acids is 2. The van der Waals surface area contributed by atoms with E-state index in [0.29, 0.717) is 21.8 Å². The topological polar surface area (TPSA) is 37.4 Å². The third kappa shape index (κ3) is 2.08. The maximum absolute atomic E-state index is 11.8. The number of alkyl halides is 1. The molecule has 0 fully saturated rings. The summed E-state index contributed by atoms with van der Waals surface area (Å²) in [5.41, 5.74) is 1.57. The van der Waals surface area contributed by atoms with Crippen molar-refractivity contribution in [2.24, 2.45) is 0 Å². The third-order valence-corrected chi connectivity index (χ3v) is 3.12. The molecule has 0 bridgehead atoms. The van der Waals surface area contributed by atoms with Crippen LogP contribution in [0.3, 0.4) is 0 Å². The first kappa shape index (κ1) is 12.1. The summed E-state index contributed by atoms with van der Waals surface area (Å²) in [6, 6.07) is 4.74. The fourth-order valence-electron chi connectivity index (χ4n) is 1.69. The number of carbonyl (C=O) groups is 2. The Balaban J connectivity index is 2.42. The van der Waals surface area contributed by atoms with Gasteiger partial charge in [0, 0.05) is 17.4 Å². The molecule has 2 rings (SSSR count). The first-order valence-electron chi connectivity index (χ1n) is 4.93. The van der Waals surface area contributed by atoms with Crippen LogP contribution in [0.1, 0.15) is 10.4 Å². The second kappa shape index (κ2) is 4.51. The second-order valence-electron chi connectivity index (χ2n) is 3.77. The summed E-state index contributed by atoms with van der Waals surface area (Å²) in [6.07, 6.45) is 0. The van der Waals surface area contributed by atoms with Gasteiger partial charge in [0.15, 0.2) is 0 Å². The van der Waals surface area contributed by atoms with Gasteiger partial charge in [-0.15, -0.1) is 11.6 Å². The summed E-state index contributed by atoms with van der Waals surface area (Å²) in [5.74, 6) is -0.832. The van der Waals surface area contributed by atoms with E-state index < -0.39 is 11.7 Å². The van der Waals surface area contributed by atoms with Gasteiger partial charge in [0.25, 0.3) is 11.7 Å². The van der Waals surface area contributed by atoms with E-state index in [0.717, 1.165) is 0 Å². The van der Waals surface area contributed by atoms with E-state index >= 15 is 0 Å². The Hall–Kier alpha value is -1.32. The predicted octanol–water partition coefficient (Wildman–Crippen LogP) is 2.66. The lowest BCUT2D eigenvalue weighted by molar-refractivity contribution is -0.114. The second-order valence-corrected chi connectivity index (χ2v) is 4.47. The molecule has 1 aliphatic heterocycles. The van der Waals surface area contributed by atoms with Crippen molar-refractivity contribution in [1.29, 1.82) is 0 Å². The third-order valence-electron chi connectivity index (χ3n) is 2.51.